The van der Waals surface area contributed by atoms with Gasteiger partial charge in [0.1, 0.15) is 6.04 Å². The van der Waals surface area contributed by atoms with Gasteiger partial charge in [-0.3, -0.25) is 9.59 Å². The molecule has 8 heteroatoms. The predicted molar refractivity (Wildman–Crippen MR) is 128 cm³/mol. The van der Waals surface area contributed by atoms with E-state index >= 15 is 0 Å². The summed E-state index contributed by atoms with van der Waals surface area (Å²) in [6.45, 7) is 2.40. The molecular formula is C23H21N3O2S3. The van der Waals surface area contributed by atoms with Crippen LogP contribution >= 0.6 is 34.0 Å². The molecule has 0 fully saturated rings. The first-order valence-electron chi connectivity index (χ1n) is 9.76. The summed E-state index contributed by atoms with van der Waals surface area (Å²) in [5, 5.41) is 10.8. The van der Waals surface area contributed by atoms with Crippen LogP contribution in [0.15, 0.2) is 65.4 Å². The third kappa shape index (κ3) is 5.66. The van der Waals surface area contributed by atoms with Crippen LogP contribution in [0.4, 0.5) is 0 Å². The van der Waals surface area contributed by atoms with Crippen LogP contribution in [0.3, 0.4) is 0 Å². The van der Waals surface area contributed by atoms with Crippen LogP contribution in [0, 0.1) is 6.92 Å². The Balaban J connectivity index is 1.42. The van der Waals surface area contributed by atoms with Crippen molar-refractivity contribution < 1.29 is 9.59 Å². The van der Waals surface area contributed by atoms with E-state index < -0.39 is 6.04 Å². The standard InChI is InChI=1S/C23H21N3O2S3/c1-15-25-19(14-30-15)20-10-9-17(31-20)13-24-22(27)18(12-16-6-3-2-4-7-16)26-23(28)21-8-5-11-29-21/h2-11,14,18H,12-13H2,1H3,(H,24,27)(H,26,28)/t18-/m0/s1. The number of rotatable bonds is 8. The summed E-state index contributed by atoms with van der Waals surface area (Å²) < 4.78 is 0. The molecule has 4 rings (SSSR count). The highest BCUT2D eigenvalue weighted by molar-refractivity contribution is 7.16. The number of nitrogens with one attached hydrogen (secondary N) is 2. The quantitative estimate of drug-likeness (QED) is 0.387. The van der Waals surface area contributed by atoms with Gasteiger partial charge in [0.15, 0.2) is 0 Å². The molecule has 158 valence electrons. The third-order valence-electron chi connectivity index (χ3n) is 4.62. The maximum absolute atomic E-state index is 13.0. The van der Waals surface area contributed by atoms with Gasteiger partial charge in [-0.1, -0.05) is 36.4 Å². The summed E-state index contributed by atoms with van der Waals surface area (Å²) in [7, 11) is 0. The molecule has 2 amide bonds. The Morgan fingerprint density at radius 1 is 1.03 bits per heavy atom. The molecule has 0 bridgehead atoms. The average Bonchev–Trinajstić information content (AvgIpc) is 3.54. The maximum atomic E-state index is 13.0. The molecule has 31 heavy (non-hydrogen) atoms. The van der Waals surface area contributed by atoms with E-state index in [2.05, 4.69) is 15.6 Å². The van der Waals surface area contributed by atoms with Crippen molar-refractivity contribution >= 4 is 45.8 Å². The van der Waals surface area contributed by atoms with Gasteiger partial charge >= 0.3 is 0 Å². The molecule has 0 unspecified atom stereocenters. The van der Waals surface area contributed by atoms with Gasteiger partial charge in [-0.15, -0.1) is 34.0 Å². The van der Waals surface area contributed by atoms with E-state index in [1.54, 1.807) is 28.7 Å². The normalized spacial score (nSPS) is 11.8. The Morgan fingerprint density at radius 3 is 2.58 bits per heavy atom. The van der Waals surface area contributed by atoms with Crippen molar-refractivity contribution in [2.45, 2.75) is 25.9 Å². The van der Waals surface area contributed by atoms with E-state index in [1.165, 1.54) is 11.3 Å². The number of hydrogen-bond donors (Lipinski definition) is 2. The number of benzene rings is 1. The van der Waals surface area contributed by atoms with Gasteiger partial charge in [-0.05, 0) is 36.1 Å². The van der Waals surface area contributed by atoms with Crippen molar-refractivity contribution in [2.75, 3.05) is 0 Å². The highest BCUT2D eigenvalue weighted by atomic mass is 32.1. The summed E-state index contributed by atoms with van der Waals surface area (Å²) in [4.78, 5) is 32.8. The lowest BCUT2D eigenvalue weighted by Gasteiger charge is -2.18. The Kier molecular flexibility index (Phi) is 6.91. The first-order valence-corrected chi connectivity index (χ1v) is 12.3. The summed E-state index contributed by atoms with van der Waals surface area (Å²) in [5.41, 5.74) is 1.96. The fraction of sp³-hybridized carbons (Fsp3) is 0.174. The maximum Gasteiger partial charge on any atom is 0.262 e. The number of thiazole rings is 1. The number of aromatic nitrogens is 1. The first kappa shape index (κ1) is 21.4. The van der Waals surface area contributed by atoms with E-state index in [0.717, 1.165) is 26.0 Å². The second-order valence-electron chi connectivity index (χ2n) is 6.93. The zero-order chi connectivity index (χ0) is 21.6. The number of carbonyl (C=O) groups excluding carboxylic acids is 2. The summed E-state index contributed by atoms with van der Waals surface area (Å²) >= 11 is 4.59. The number of thiophene rings is 2. The third-order valence-corrected chi connectivity index (χ3v) is 7.37. The Bertz CT molecular complexity index is 1150. The molecule has 0 saturated heterocycles. The van der Waals surface area contributed by atoms with Crippen LogP contribution < -0.4 is 10.6 Å². The van der Waals surface area contributed by atoms with Gasteiger partial charge in [0.25, 0.3) is 5.91 Å². The molecule has 1 atom stereocenters. The van der Waals surface area contributed by atoms with E-state index in [0.29, 0.717) is 17.8 Å². The second-order valence-corrected chi connectivity index (χ2v) is 10.1. The van der Waals surface area contributed by atoms with Crippen LogP contribution in [-0.4, -0.2) is 22.8 Å². The van der Waals surface area contributed by atoms with Gasteiger partial charge in [0, 0.05) is 16.7 Å². The van der Waals surface area contributed by atoms with Crippen molar-refractivity contribution in [3.05, 3.63) is 85.7 Å². The van der Waals surface area contributed by atoms with Crippen LogP contribution in [0.5, 0.6) is 0 Å². The molecule has 0 radical (unpaired) electrons. The highest BCUT2D eigenvalue weighted by Crippen LogP contribution is 2.28. The fourth-order valence-corrected chi connectivity index (χ4v) is 5.30. The molecule has 0 saturated carbocycles. The van der Waals surface area contributed by atoms with Gasteiger partial charge in [0.2, 0.25) is 5.91 Å². The minimum Gasteiger partial charge on any atom is -0.349 e. The van der Waals surface area contributed by atoms with Gasteiger partial charge < -0.3 is 10.6 Å². The van der Waals surface area contributed by atoms with E-state index in [1.807, 2.05) is 66.2 Å². The van der Waals surface area contributed by atoms with Crippen LogP contribution in [0.2, 0.25) is 0 Å². The molecule has 2 N–H and O–H groups in total. The molecule has 0 spiro atoms. The zero-order valence-electron chi connectivity index (χ0n) is 16.8. The lowest BCUT2D eigenvalue weighted by molar-refractivity contribution is -0.123. The molecule has 0 aliphatic heterocycles. The fourth-order valence-electron chi connectivity index (χ4n) is 3.08. The number of hydrogen-bond acceptors (Lipinski definition) is 6. The predicted octanol–water partition coefficient (Wildman–Crippen LogP) is 4.90. The minimum absolute atomic E-state index is 0.201. The summed E-state index contributed by atoms with van der Waals surface area (Å²) in [5.74, 6) is -0.434. The lowest BCUT2D eigenvalue weighted by Crippen LogP contribution is -2.47. The second kappa shape index (κ2) is 10.00. The molecule has 1 aromatic carbocycles. The first-order chi connectivity index (χ1) is 15.1. The largest absolute Gasteiger partial charge is 0.349 e. The number of amides is 2. The number of nitrogens with zero attached hydrogens (tertiary/aromatic N) is 1. The molecule has 3 aromatic heterocycles. The summed E-state index contributed by atoms with van der Waals surface area (Å²) in [6, 6.07) is 16.7. The van der Waals surface area contributed by atoms with Crippen molar-refractivity contribution in [1.29, 1.82) is 0 Å². The minimum atomic E-state index is -0.655. The highest BCUT2D eigenvalue weighted by Gasteiger charge is 2.22. The van der Waals surface area contributed by atoms with Crippen molar-refractivity contribution in [3.63, 3.8) is 0 Å². The molecule has 0 aliphatic carbocycles. The van der Waals surface area contributed by atoms with Crippen molar-refractivity contribution in [3.8, 4) is 10.6 Å². The smallest absolute Gasteiger partial charge is 0.262 e. The van der Waals surface area contributed by atoms with Crippen LogP contribution in [-0.2, 0) is 17.8 Å². The molecule has 3 heterocycles. The van der Waals surface area contributed by atoms with E-state index in [4.69, 9.17) is 0 Å². The van der Waals surface area contributed by atoms with Crippen molar-refractivity contribution in [2.24, 2.45) is 0 Å². The van der Waals surface area contributed by atoms with Crippen LogP contribution in [0.1, 0.15) is 25.1 Å². The van der Waals surface area contributed by atoms with Gasteiger partial charge in [0.05, 0.1) is 27.0 Å². The summed E-state index contributed by atoms with van der Waals surface area (Å²) in [6.07, 6.45) is 0.428. The van der Waals surface area contributed by atoms with E-state index in [-0.39, 0.29) is 11.8 Å². The number of carbonyl (C=O) groups is 2. The zero-order valence-corrected chi connectivity index (χ0v) is 19.3. The van der Waals surface area contributed by atoms with Gasteiger partial charge in [-0.25, -0.2) is 4.98 Å². The Hall–Kier alpha value is -2.81. The molecular weight excluding hydrogens is 446 g/mol. The topological polar surface area (TPSA) is 71.1 Å². The monoisotopic (exact) mass is 467 g/mol. The van der Waals surface area contributed by atoms with Crippen LogP contribution in [0.25, 0.3) is 10.6 Å². The Labute approximate surface area is 192 Å². The Morgan fingerprint density at radius 2 is 1.87 bits per heavy atom. The molecule has 5 nitrogen and oxygen atoms in total. The van der Waals surface area contributed by atoms with E-state index in [9.17, 15) is 9.59 Å². The SMILES string of the molecule is Cc1nc(-c2ccc(CNC(=O)[C@H](Cc3ccccc3)NC(=O)c3cccs3)s2)cs1. The average molecular weight is 468 g/mol. The lowest BCUT2D eigenvalue weighted by atomic mass is 10.1. The number of aryl methyl sites for hydroxylation is 1. The molecule has 4 aromatic rings. The van der Waals surface area contributed by atoms with Crippen molar-refractivity contribution in [1.82, 2.24) is 15.6 Å². The van der Waals surface area contributed by atoms with Gasteiger partial charge in [-0.2, -0.15) is 0 Å². The molecule has 0 aliphatic rings.